The van der Waals surface area contributed by atoms with E-state index >= 15 is 0 Å². The first-order valence-electron chi connectivity index (χ1n) is 24.0. The zero-order valence-electron chi connectivity index (χ0n) is 39.1. The summed E-state index contributed by atoms with van der Waals surface area (Å²) in [6.45, 7) is 0. The Morgan fingerprint density at radius 2 is 0.292 bits per heavy atom. The molecule has 0 saturated carbocycles. The summed E-state index contributed by atoms with van der Waals surface area (Å²) in [5.41, 5.74) is 17.1. The molecule has 12 aromatic rings. The van der Waals surface area contributed by atoms with Gasteiger partial charge in [0.05, 0.1) is 0 Å². The number of hydrogen-bond acceptors (Lipinski definition) is 6. The molecule has 0 spiro atoms. The van der Waals surface area contributed by atoms with Crippen LogP contribution in [0.2, 0.25) is 0 Å². The van der Waals surface area contributed by atoms with E-state index in [2.05, 4.69) is 146 Å². The number of nitrogens with zero attached hydrogens (tertiary/aromatic N) is 6. The molecule has 72 heavy (non-hydrogen) atoms. The van der Waals surface area contributed by atoms with Crippen LogP contribution in [0, 0.1) is 0 Å². The van der Waals surface area contributed by atoms with Crippen LogP contribution in [0.25, 0.3) is 124 Å². The van der Waals surface area contributed by atoms with Crippen molar-refractivity contribution in [2.24, 2.45) is 0 Å². The van der Waals surface area contributed by atoms with Crippen molar-refractivity contribution in [3.05, 3.63) is 267 Å². The highest BCUT2D eigenvalue weighted by Crippen LogP contribution is 2.40. The number of hydrogen-bond donors (Lipinski definition) is 0. The lowest BCUT2D eigenvalue weighted by molar-refractivity contribution is 1.07. The van der Waals surface area contributed by atoms with Crippen molar-refractivity contribution in [1.29, 1.82) is 0 Å². The Hall–Kier alpha value is -9.78. The molecule has 2 aromatic heterocycles. The molecule has 2 heterocycles. The fourth-order valence-corrected chi connectivity index (χ4v) is 9.12. The number of benzene rings is 10. The van der Waals surface area contributed by atoms with Crippen molar-refractivity contribution in [2.45, 2.75) is 0 Å². The molecule has 0 aliphatic heterocycles. The molecule has 0 atom stereocenters. The van der Waals surface area contributed by atoms with Gasteiger partial charge in [-0.25, -0.2) is 29.9 Å². The Bertz CT molecular complexity index is 3420. The Kier molecular flexibility index (Phi) is 11.9. The predicted octanol–water partition coefficient (Wildman–Crippen LogP) is 16.4. The van der Waals surface area contributed by atoms with E-state index in [1.54, 1.807) is 0 Å². The molecule has 10 aromatic carbocycles. The maximum atomic E-state index is 4.92. The minimum Gasteiger partial charge on any atom is -0.208 e. The van der Waals surface area contributed by atoms with Crippen molar-refractivity contribution in [3.8, 4) is 124 Å². The topological polar surface area (TPSA) is 77.3 Å². The van der Waals surface area contributed by atoms with Gasteiger partial charge in [-0.2, -0.15) is 0 Å². The first-order valence-corrected chi connectivity index (χ1v) is 24.0. The Labute approximate surface area is 418 Å². The molecule has 0 unspecified atom stereocenters. The Morgan fingerprint density at radius 3 is 0.528 bits per heavy atom. The molecule has 0 amide bonds. The lowest BCUT2D eigenvalue weighted by Gasteiger charge is -2.15. The van der Waals surface area contributed by atoms with E-state index in [0.29, 0.717) is 34.9 Å². The fraction of sp³-hybridized carbons (Fsp3) is 0. The van der Waals surface area contributed by atoms with Crippen LogP contribution >= 0.6 is 0 Å². The van der Waals surface area contributed by atoms with Crippen molar-refractivity contribution in [3.63, 3.8) is 0 Å². The predicted molar refractivity (Wildman–Crippen MR) is 293 cm³/mol. The third-order valence-electron chi connectivity index (χ3n) is 12.9. The van der Waals surface area contributed by atoms with E-state index in [1.165, 1.54) is 22.3 Å². The second-order valence-corrected chi connectivity index (χ2v) is 17.5. The lowest BCUT2D eigenvalue weighted by atomic mass is 9.88. The van der Waals surface area contributed by atoms with Crippen molar-refractivity contribution in [2.75, 3.05) is 0 Å². The van der Waals surface area contributed by atoms with E-state index in [9.17, 15) is 0 Å². The van der Waals surface area contributed by atoms with E-state index in [-0.39, 0.29) is 0 Å². The molecule has 6 heteroatoms. The number of rotatable bonds is 11. The zero-order valence-corrected chi connectivity index (χ0v) is 39.1. The van der Waals surface area contributed by atoms with Crippen LogP contribution < -0.4 is 0 Å². The first kappa shape index (κ1) is 43.5. The van der Waals surface area contributed by atoms with Gasteiger partial charge < -0.3 is 0 Å². The Balaban J connectivity index is 0.789. The highest BCUT2D eigenvalue weighted by atomic mass is 15.0. The quantitative estimate of drug-likeness (QED) is 0.129. The molecule has 6 nitrogen and oxygen atoms in total. The second kappa shape index (κ2) is 19.7. The van der Waals surface area contributed by atoms with E-state index in [4.69, 9.17) is 29.9 Å². The molecule has 12 rings (SSSR count). The van der Waals surface area contributed by atoms with Gasteiger partial charge >= 0.3 is 0 Å². The normalized spacial score (nSPS) is 11.1. The van der Waals surface area contributed by atoms with Gasteiger partial charge in [-0.3, -0.25) is 0 Å². The van der Waals surface area contributed by atoms with Gasteiger partial charge in [-0.1, -0.05) is 267 Å². The van der Waals surface area contributed by atoms with E-state index in [1.807, 2.05) is 121 Å². The van der Waals surface area contributed by atoms with Crippen LogP contribution in [0.1, 0.15) is 0 Å². The maximum Gasteiger partial charge on any atom is 0.164 e. The van der Waals surface area contributed by atoms with Crippen LogP contribution in [0.3, 0.4) is 0 Å². The summed E-state index contributed by atoms with van der Waals surface area (Å²) in [5, 5.41) is 0. The fourth-order valence-electron chi connectivity index (χ4n) is 9.12. The maximum absolute atomic E-state index is 4.92. The van der Waals surface area contributed by atoms with Gasteiger partial charge in [0.25, 0.3) is 0 Å². The molecule has 0 aliphatic rings. The highest BCUT2D eigenvalue weighted by Gasteiger charge is 2.16. The summed E-state index contributed by atoms with van der Waals surface area (Å²) in [5.74, 6) is 3.86. The van der Waals surface area contributed by atoms with Crippen LogP contribution in [-0.4, -0.2) is 29.9 Å². The van der Waals surface area contributed by atoms with Crippen LogP contribution in [0.4, 0.5) is 0 Å². The minimum absolute atomic E-state index is 0.636. The second-order valence-electron chi connectivity index (χ2n) is 17.5. The van der Waals surface area contributed by atoms with Crippen molar-refractivity contribution >= 4 is 0 Å². The summed E-state index contributed by atoms with van der Waals surface area (Å²) in [6.07, 6.45) is 0. The van der Waals surface area contributed by atoms with Crippen LogP contribution in [0.15, 0.2) is 267 Å². The third-order valence-corrected chi connectivity index (χ3v) is 12.9. The lowest BCUT2D eigenvalue weighted by Crippen LogP contribution is -2.00. The van der Waals surface area contributed by atoms with Crippen LogP contribution in [0.5, 0.6) is 0 Å². The third kappa shape index (κ3) is 9.11. The summed E-state index contributed by atoms with van der Waals surface area (Å²) in [6, 6.07) is 92.3. The van der Waals surface area contributed by atoms with Gasteiger partial charge in [-0.15, -0.1) is 0 Å². The molecule has 338 valence electrons. The van der Waals surface area contributed by atoms with Gasteiger partial charge in [0.1, 0.15) is 0 Å². The van der Waals surface area contributed by atoms with Crippen molar-refractivity contribution < 1.29 is 0 Å². The largest absolute Gasteiger partial charge is 0.208 e. The smallest absolute Gasteiger partial charge is 0.164 e. The summed E-state index contributed by atoms with van der Waals surface area (Å²) >= 11 is 0. The van der Waals surface area contributed by atoms with Crippen LogP contribution in [-0.2, 0) is 0 Å². The summed E-state index contributed by atoms with van der Waals surface area (Å²) in [7, 11) is 0. The average molecular weight is 921 g/mol. The molecule has 0 saturated heterocycles. The van der Waals surface area contributed by atoms with Crippen molar-refractivity contribution in [1.82, 2.24) is 29.9 Å². The summed E-state index contributed by atoms with van der Waals surface area (Å²) < 4.78 is 0. The molecule has 0 aliphatic carbocycles. The minimum atomic E-state index is 0.636. The van der Waals surface area contributed by atoms with Gasteiger partial charge in [0.15, 0.2) is 34.9 Å². The molecular formula is C66H44N6. The van der Waals surface area contributed by atoms with Gasteiger partial charge in [-0.05, 0) is 55.6 Å². The standard InChI is InChI=1S/C66H44N6/c1-5-17-51(18-6-1)61-67-62(52-19-7-2-8-20-52)70-65(69-61)55-41-33-47(34-42-55)45-29-37-49(38-30-45)57-25-13-15-27-59(57)60-28-16-14-26-58(60)50-39-31-46(32-40-50)48-35-43-56(44-36-48)66-71-63(53-21-9-3-10-22-53)68-64(72-66)54-23-11-4-12-24-54/h1-44H. The molecule has 0 bridgehead atoms. The summed E-state index contributed by atoms with van der Waals surface area (Å²) in [4.78, 5) is 29.4. The highest BCUT2D eigenvalue weighted by molar-refractivity contribution is 5.92. The SMILES string of the molecule is c1ccc(-c2nc(-c3ccccc3)nc(-c3ccc(-c4ccc(-c5ccccc5-c5ccccc5-c5ccc(-c6ccc(-c7nc(-c8ccccc8)nc(-c8ccccc8)n7)cc6)cc5)cc4)cc3)n2)cc1. The Morgan fingerprint density at radius 1 is 0.125 bits per heavy atom. The van der Waals surface area contributed by atoms with E-state index < -0.39 is 0 Å². The molecular weight excluding hydrogens is 877 g/mol. The number of aromatic nitrogens is 6. The van der Waals surface area contributed by atoms with Gasteiger partial charge in [0.2, 0.25) is 0 Å². The zero-order chi connectivity index (χ0) is 48.1. The monoisotopic (exact) mass is 920 g/mol. The van der Waals surface area contributed by atoms with E-state index in [0.717, 1.165) is 66.8 Å². The molecule has 0 fully saturated rings. The average Bonchev–Trinajstić information content (AvgIpc) is 3.48. The molecule has 0 radical (unpaired) electrons. The molecule has 0 N–H and O–H groups in total. The van der Waals surface area contributed by atoms with Gasteiger partial charge in [0, 0.05) is 33.4 Å². The first-order chi connectivity index (χ1) is 35.7.